The van der Waals surface area contributed by atoms with E-state index in [9.17, 15) is 9.18 Å². The molecule has 0 bridgehead atoms. The van der Waals surface area contributed by atoms with Crippen LogP contribution in [0.5, 0.6) is 0 Å². The number of aryl methyl sites for hydroxylation is 1. The van der Waals surface area contributed by atoms with E-state index in [-0.39, 0.29) is 10.6 Å². The van der Waals surface area contributed by atoms with Crippen molar-refractivity contribution in [3.8, 4) is 0 Å². The van der Waals surface area contributed by atoms with Crippen molar-refractivity contribution < 1.29 is 9.18 Å². The predicted octanol–water partition coefficient (Wildman–Crippen LogP) is 3.41. The number of carbonyl (C=O) groups excluding carboxylic acids is 1. The molecule has 2 aromatic rings. The Hall–Kier alpha value is -2.47. The van der Waals surface area contributed by atoms with Gasteiger partial charge in [0.15, 0.2) is 0 Å². The molecule has 0 saturated carbocycles. The van der Waals surface area contributed by atoms with Crippen LogP contribution in [-0.2, 0) is 0 Å². The minimum Gasteiger partial charge on any atom is -0.389 e. The zero-order valence-corrected chi connectivity index (χ0v) is 12.1. The highest BCUT2D eigenvalue weighted by atomic mass is 32.1. The molecule has 6 heteroatoms. The van der Waals surface area contributed by atoms with Gasteiger partial charge in [0.1, 0.15) is 10.8 Å². The molecule has 0 unspecified atom stereocenters. The van der Waals surface area contributed by atoms with Crippen LogP contribution in [0, 0.1) is 12.7 Å². The second-order valence-electron chi connectivity index (χ2n) is 4.50. The van der Waals surface area contributed by atoms with Gasteiger partial charge < -0.3 is 16.4 Å². The first kappa shape index (κ1) is 14.9. The van der Waals surface area contributed by atoms with Gasteiger partial charge in [-0.1, -0.05) is 29.9 Å². The molecule has 2 aromatic carbocycles. The molecule has 0 aliphatic rings. The van der Waals surface area contributed by atoms with Crippen LogP contribution < -0.4 is 16.4 Å². The standard InChI is InChI=1S/C15H14FN3OS/c1-9-2-5-11(6-3-9)18-15(20)19-13-7-4-10(16)8-12(13)14(17)21/h2-8H,1H3,(H2,17,21)(H2,18,19,20). The van der Waals surface area contributed by atoms with Crippen LogP contribution in [0.25, 0.3) is 0 Å². The molecule has 0 aliphatic heterocycles. The van der Waals surface area contributed by atoms with E-state index in [0.717, 1.165) is 5.56 Å². The molecule has 0 fully saturated rings. The first-order chi connectivity index (χ1) is 9.95. The average Bonchev–Trinajstić information content (AvgIpc) is 2.43. The fourth-order valence-corrected chi connectivity index (χ4v) is 1.92. The molecule has 0 atom stereocenters. The second-order valence-corrected chi connectivity index (χ2v) is 4.94. The van der Waals surface area contributed by atoms with Gasteiger partial charge in [-0.2, -0.15) is 0 Å². The van der Waals surface area contributed by atoms with E-state index in [4.69, 9.17) is 18.0 Å². The fraction of sp³-hybridized carbons (Fsp3) is 0.0667. The number of thiocarbonyl (C=S) groups is 1. The molecule has 2 amide bonds. The van der Waals surface area contributed by atoms with Crippen molar-refractivity contribution in [2.24, 2.45) is 5.73 Å². The quantitative estimate of drug-likeness (QED) is 0.761. The molecule has 0 saturated heterocycles. The lowest BCUT2D eigenvalue weighted by atomic mass is 10.1. The first-order valence-corrected chi connectivity index (χ1v) is 6.60. The fourth-order valence-electron chi connectivity index (χ4n) is 1.75. The maximum atomic E-state index is 13.2. The van der Waals surface area contributed by atoms with Crippen LogP contribution in [0.15, 0.2) is 42.5 Å². The molecule has 108 valence electrons. The Balaban J connectivity index is 2.12. The highest BCUT2D eigenvalue weighted by Gasteiger charge is 2.10. The molecule has 21 heavy (non-hydrogen) atoms. The molecule has 2 rings (SSSR count). The molecule has 0 aromatic heterocycles. The van der Waals surface area contributed by atoms with Crippen molar-refractivity contribution in [2.75, 3.05) is 10.6 Å². The zero-order valence-electron chi connectivity index (χ0n) is 11.3. The topological polar surface area (TPSA) is 67.2 Å². The number of amides is 2. The molecule has 4 nitrogen and oxygen atoms in total. The van der Waals surface area contributed by atoms with Crippen LogP contribution in [0.3, 0.4) is 0 Å². The summed E-state index contributed by atoms with van der Waals surface area (Å²) in [6.45, 7) is 1.96. The Kier molecular flexibility index (Phi) is 4.49. The summed E-state index contributed by atoms with van der Waals surface area (Å²) in [4.78, 5) is 11.9. The molecule has 0 heterocycles. The predicted molar refractivity (Wildman–Crippen MR) is 86.1 cm³/mol. The smallest absolute Gasteiger partial charge is 0.323 e. The summed E-state index contributed by atoms with van der Waals surface area (Å²) in [7, 11) is 0. The second kappa shape index (κ2) is 6.32. The molecule has 0 radical (unpaired) electrons. The van der Waals surface area contributed by atoms with Crippen LogP contribution in [0.4, 0.5) is 20.6 Å². The van der Waals surface area contributed by atoms with Gasteiger partial charge in [0, 0.05) is 11.3 Å². The van der Waals surface area contributed by atoms with Crippen LogP contribution in [-0.4, -0.2) is 11.0 Å². The SMILES string of the molecule is Cc1ccc(NC(=O)Nc2ccc(F)cc2C(N)=S)cc1. The van der Waals surface area contributed by atoms with Gasteiger partial charge >= 0.3 is 6.03 Å². The summed E-state index contributed by atoms with van der Waals surface area (Å²) >= 11 is 4.85. The number of carbonyl (C=O) groups is 1. The van der Waals surface area contributed by atoms with Gasteiger partial charge in [0.25, 0.3) is 0 Å². The summed E-state index contributed by atoms with van der Waals surface area (Å²) in [5, 5.41) is 5.27. The number of nitrogens with two attached hydrogens (primary N) is 1. The van der Waals surface area contributed by atoms with E-state index in [1.807, 2.05) is 19.1 Å². The van der Waals surface area contributed by atoms with Crippen molar-refractivity contribution in [2.45, 2.75) is 6.92 Å². The number of benzene rings is 2. The van der Waals surface area contributed by atoms with Gasteiger partial charge in [0.2, 0.25) is 0 Å². The number of hydrogen-bond acceptors (Lipinski definition) is 2. The Morgan fingerprint density at radius 3 is 2.43 bits per heavy atom. The minimum absolute atomic E-state index is 0.0140. The summed E-state index contributed by atoms with van der Waals surface area (Å²) < 4.78 is 13.2. The van der Waals surface area contributed by atoms with Crippen molar-refractivity contribution in [1.29, 1.82) is 0 Å². The van der Waals surface area contributed by atoms with E-state index < -0.39 is 11.8 Å². The van der Waals surface area contributed by atoms with Gasteiger partial charge in [-0.25, -0.2) is 9.18 Å². The normalized spacial score (nSPS) is 10.0. The minimum atomic E-state index is -0.470. The van der Waals surface area contributed by atoms with E-state index in [0.29, 0.717) is 11.4 Å². The number of urea groups is 1. The molecular weight excluding hydrogens is 289 g/mol. The third-order valence-corrected chi connectivity index (χ3v) is 3.02. The summed E-state index contributed by atoms with van der Waals surface area (Å²) in [6, 6.07) is 10.7. The van der Waals surface area contributed by atoms with E-state index >= 15 is 0 Å². The molecule has 0 spiro atoms. The van der Waals surface area contributed by atoms with Gasteiger partial charge in [0.05, 0.1) is 5.69 Å². The maximum Gasteiger partial charge on any atom is 0.323 e. The maximum absolute atomic E-state index is 13.2. The number of rotatable bonds is 3. The Morgan fingerprint density at radius 1 is 1.14 bits per heavy atom. The summed E-state index contributed by atoms with van der Waals surface area (Å²) in [5.41, 5.74) is 7.90. The van der Waals surface area contributed by atoms with Gasteiger partial charge in [-0.05, 0) is 37.3 Å². The van der Waals surface area contributed by atoms with E-state index in [1.54, 1.807) is 12.1 Å². The third-order valence-electron chi connectivity index (χ3n) is 2.80. The molecule has 4 N–H and O–H groups in total. The lowest BCUT2D eigenvalue weighted by molar-refractivity contribution is 0.262. The van der Waals surface area contributed by atoms with Crippen molar-refractivity contribution in [1.82, 2.24) is 0 Å². The van der Waals surface area contributed by atoms with Crippen molar-refractivity contribution >= 4 is 34.6 Å². The summed E-state index contributed by atoms with van der Waals surface area (Å²) in [6.07, 6.45) is 0. The number of anilines is 2. The number of hydrogen-bond donors (Lipinski definition) is 3. The number of halogens is 1. The van der Waals surface area contributed by atoms with Crippen LogP contribution in [0.1, 0.15) is 11.1 Å². The summed E-state index contributed by atoms with van der Waals surface area (Å²) in [5.74, 6) is -0.470. The Bertz CT molecular complexity index is 686. The first-order valence-electron chi connectivity index (χ1n) is 6.20. The Labute approximate surface area is 127 Å². The highest BCUT2D eigenvalue weighted by Crippen LogP contribution is 2.17. The van der Waals surface area contributed by atoms with Crippen LogP contribution >= 0.6 is 12.2 Å². The largest absolute Gasteiger partial charge is 0.389 e. The third kappa shape index (κ3) is 4.00. The monoisotopic (exact) mass is 303 g/mol. The average molecular weight is 303 g/mol. The number of nitrogens with one attached hydrogen (secondary N) is 2. The van der Waals surface area contributed by atoms with E-state index in [2.05, 4.69) is 10.6 Å². The van der Waals surface area contributed by atoms with E-state index in [1.165, 1.54) is 18.2 Å². The lowest BCUT2D eigenvalue weighted by Crippen LogP contribution is -2.22. The molecular formula is C15H14FN3OS. The Morgan fingerprint density at radius 2 is 1.81 bits per heavy atom. The van der Waals surface area contributed by atoms with Gasteiger partial charge in [-0.15, -0.1) is 0 Å². The highest BCUT2D eigenvalue weighted by molar-refractivity contribution is 7.80. The lowest BCUT2D eigenvalue weighted by Gasteiger charge is -2.11. The van der Waals surface area contributed by atoms with Gasteiger partial charge in [-0.3, -0.25) is 0 Å². The van der Waals surface area contributed by atoms with Crippen molar-refractivity contribution in [3.63, 3.8) is 0 Å². The zero-order chi connectivity index (χ0) is 15.4. The van der Waals surface area contributed by atoms with Crippen molar-refractivity contribution in [3.05, 3.63) is 59.4 Å². The molecule has 0 aliphatic carbocycles. The van der Waals surface area contributed by atoms with Crippen LogP contribution in [0.2, 0.25) is 0 Å².